The largest absolute Gasteiger partial charge is 0.325 e. The van der Waals surface area contributed by atoms with Crippen molar-refractivity contribution in [1.29, 1.82) is 0 Å². The van der Waals surface area contributed by atoms with Gasteiger partial charge in [0.15, 0.2) is 8.68 Å². The van der Waals surface area contributed by atoms with Crippen molar-refractivity contribution in [3.05, 3.63) is 28.8 Å². The van der Waals surface area contributed by atoms with E-state index in [9.17, 15) is 4.79 Å². The second-order valence-corrected chi connectivity index (χ2v) is 8.59. The Morgan fingerprint density at radius 1 is 1.14 bits per heavy atom. The summed E-state index contributed by atoms with van der Waals surface area (Å²) in [6, 6.07) is 4.16. The van der Waals surface area contributed by atoms with E-state index < -0.39 is 0 Å². The molecule has 1 aromatic carbocycles. The van der Waals surface area contributed by atoms with Gasteiger partial charge < -0.3 is 5.32 Å². The van der Waals surface area contributed by atoms with E-state index in [1.807, 2.05) is 13.8 Å². The fourth-order valence-corrected chi connectivity index (χ4v) is 4.83. The lowest BCUT2D eigenvalue weighted by atomic mass is 10.1. The molecule has 1 N–H and O–H groups in total. The first kappa shape index (κ1) is 17.3. The summed E-state index contributed by atoms with van der Waals surface area (Å²) in [5.41, 5.74) is 4.30. The van der Waals surface area contributed by atoms with Crippen LogP contribution in [0.4, 0.5) is 5.69 Å². The number of aromatic nitrogens is 2. The van der Waals surface area contributed by atoms with Gasteiger partial charge in [-0.1, -0.05) is 59.5 Å². The number of anilines is 1. The van der Waals surface area contributed by atoms with Crippen molar-refractivity contribution in [3.63, 3.8) is 0 Å². The Labute approximate surface area is 143 Å². The van der Waals surface area contributed by atoms with Crippen LogP contribution in [0.1, 0.15) is 23.6 Å². The molecule has 0 bridgehead atoms. The van der Waals surface area contributed by atoms with Crippen molar-refractivity contribution in [3.8, 4) is 0 Å². The highest BCUT2D eigenvalue weighted by Crippen LogP contribution is 2.29. The fourth-order valence-electron chi connectivity index (χ4n) is 2.12. The molecule has 0 aliphatic rings. The number of aryl methyl sites for hydroxylation is 3. The number of nitrogens with zero attached hydrogens (tertiary/aromatic N) is 2. The van der Waals surface area contributed by atoms with E-state index in [0.717, 1.165) is 31.2 Å². The normalized spacial score (nSPS) is 10.7. The molecular weight excluding hydrogens is 334 g/mol. The van der Waals surface area contributed by atoms with Gasteiger partial charge in [0.2, 0.25) is 5.91 Å². The highest BCUT2D eigenvalue weighted by molar-refractivity contribution is 8.03. The number of amides is 1. The Morgan fingerprint density at radius 3 is 2.32 bits per heavy atom. The quantitative estimate of drug-likeness (QED) is 0.785. The van der Waals surface area contributed by atoms with Crippen LogP contribution in [-0.2, 0) is 4.79 Å². The second-order valence-electron chi connectivity index (χ2n) is 4.88. The van der Waals surface area contributed by atoms with Gasteiger partial charge in [0.05, 0.1) is 5.75 Å². The molecule has 118 valence electrons. The number of carbonyl (C=O) groups excluding carboxylic acids is 1. The van der Waals surface area contributed by atoms with Crippen LogP contribution in [0.25, 0.3) is 0 Å². The molecule has 0 saturated carbocycles. The Hall–Kier alpha value is -1.05. The van der Waals surface area contributed by atoms with Gasteiger partial charge in [0, 0.05) is 5.69 Å². The smallest absolute Gasteiger partial charge is 0.234 e. The van der Waals surface area contributed by atoms with E-state index >= 15 is 0 Å². The number of rotatable bonds is 6. The van der Waals surface area contributed by atoms with Crippen LogP contribution < -0.4 is 5.32 Å². The van der Waals surface area contributed by atoms with Crippen molar-refractivity contribution >= 4 is 46.5 Å². The lowest BCUT2D eigenvalue weighted by molar-refractivity contribution is -0.113. The first-order valence-electron chi connectivity index (χ1n) is 6.96. The predicted molar refractivity (Wildman–Crippen MR) is 96.3 cm³/mol. The van der Waals surface area contributed by atoms with E-state index in [0.29, 0.717) is 5.75 Å². The minimum absolute atomic E-state index is 0.0139. The summed E-state index contributed by atoms with van der Waals surface area (Å²) in [5.74, 6) is 1.31. The van der Waals surface area contributed by atoms with Crippen LogP contribution >= 0.6 is 34.9 Å². The predicted octanol–water partition coefficient (Wildman–Crippen LogP) is 4.31. The molecule has 0 aliphatic carbocycles. The van der Waals surface area contributed by atoms with Crippen LogP contribution in [0.3, 0.4) is 0 Å². The van der Waals surface area contributed by atoms with Gasteiger partial charge in [-0.2, -0.15) is 0 Å². The first-order valence-corrected chi connectivity index (χ1v) is 9.75. The van der Waals surface area contributed by atoms with E-state index in [1.165, 1.54) is 28.7 Å². The van der Waals surface area contributed by atoms with Crippen molar-refractivity contribution in [1.82, 2.24) is 10.2 Å². The summed E-state index contributed by atoms with van der Waals surface area (Å²) < 4.78 is 1.79. The van der Waals surface area contributed by atoms with Crippen LogP contribution in [0.15, 0.2) is 20.8 Å². The average Bonchev–Trinajstić information content (AvgIpc) is 2.89. The number of hydrogen-bond acceptors (Lipinski definition) is 6. The molecule has 4 nitrogen and oxygen atoms in total. The zero-order valence-corrected chi connectivity index (χ0v) is 15.5. The van der Waals surface area contributed by atoms with E-state index in [2.05, 4.69) is 41.5 Å². The van der Waals surface area contributed by atoms with Crippen LogP contribution in [-0.4, -0.2) is 27.6 Å². The maximum Gasteiger partial charge on any atom is 0.234 e. The van der Waals surface area contributed by atoms with Crippen molar-refractivity contribution < 1.29 is 4.79 Å². The molecule has 0 spiro atoms. The minimum atomic E-state index is -0.0139. The molecular formula is C15H19N3OS3. The summed E-state index contributed by atoms with van der Waals surface area (Å²) in [4.78, 5) is 12.1. The zero-order valence-electron chi connectivity index (χ0n) is 13.1. The van der Waals surface area contributed by atoms with Crippen LogP contribution in [0.5, 0.6) is 0 Å². The molecule has 1 amide bonds. The van der Waals surface area contributed by atoms with Crippen molar-refractivity contribution in [2.45, 2.75) is 36.4 Å². The SMILES string of the molecule is CCSc1nnc(SCC(=O)Nc2c(C)cc(C)cc2C)s1. The maximum atomic E-state index is 12.1. The monoisotopic (exact) mass is 353 g/mol. The van der Waals surface area contributed by atoms with E-state index in [1.54, 1.807) is 11.8 Å². The van der Waals surface area contributed by atoms with Crippen LogP contribution in [0.2, 0.25) is 0 Å². The van der Waals surface area contributed by atoms with Gasteiger partial charge >= 0.3 is 0 Å². The van der Waals surface area contributed by atoms with E-state index in [-0.39, 0.29) is 5.91 Å². The molecule has 1 aromatic heterocycles. The number of carbonyl (C=O) groups is 1. The summed E-state index contributed by atoms with van der Waals surface area (Å²) in [6.07, 6.45) is 0. The van der Waals surface area contributed by atoms with E-state index in [4.69, 9.17) is 0 Å². The van der Waals surface area contributed by atoms with Gasteiger partial charge in [-0.15, -0.1) is 10.2 Å². The van der Waals surface area contributed by atoms with Crippen molar-refractivity contribution in [2.24, 2.45) is 0 Å². The summed E-state index contributed by atoms with van der Waals surface area (Å²) >= 11 is 4.64. The Balaban J connectivity index is 1.93. The maximum absolute atomic E-state index is 12.1. The fraction of sp³-hybridized carbons (Fsp3) is 0.400. The average molecular weight is 354 g/mol. The topological polar surface area (TPSA) is 54.9 Å². The third-order valence-electron chi connectivity index (χ3n) is 2.92. The molecule has 0 fully saturated rings. The first-order chi connectivity index (χ1) is 10.5. The molecule has 2 aromatic rings. The third-order valence-corrected chi connectivity index (χ3v) is 6.00. The number of benzene rings is 1. The molecule has 1 heterocycles. The number of nitrogens with one attached hydrogen (secondary N) is 1. The van der Waals surface area contributed by atoms with Crippen molar-refractivity contribution in [2.75, 3.05) is 16.8 Å². The molecule has 22 heavy (non-hydrogen) atoms. The Morgan fingerprint density at radius 2 is 1.73 bits per heavy atom. The lowest BCUT2D eigenvalue weighted by Gasteiger charge is -2.12. The van der Waals surface area contributed by atoms with Gasteiger partial charge in [-0.3, -0.25) is 4.79 Å². The minimum Gasteiger partial charge on any atom is -0.325 e. The third kappa shape index (κ3) is 4.72. The number of hydrogen-bond donors (Lipinski definition) is 1. The molecule has 0 aliphatic heterocycles. The Bertz CT molecular complexity index is 647. The lowest BCUT2D eigenvalue weighted by Crippen LogP contribution is -2.15. The summed E-state index contributed by atoms with van der Waals surface area (Å²) in [7, 11) is 0. The molecule has 0 unspecified atom stereocenters. The van der Waals surface area contributed by atoms with Gasteiger partial charge in [-0.25, -0.2) is 0 Å². The molecule has 0 radical (unpaired) electrons. The van der Waals surface area contributed by atoms with Gasteiger partial charge in [0.1, 0.15) is 0 Å². The highest BCUT2D eigenvalue weighted by atomic mass is 32.2. The van der Waals surface area contributed by atoms with Gasteiger partial charge in [0.25, 0.3) is 0 Å². The Kier molecular flexibility index (Phi) is 6.28. The zero-order chi connectivity index (χ0) is 16.1. The number of thioether (sulfide) groups is 2. The molecule has 2 rings (SSSR count). The standard InChI is InChI=1S/C15H19N3OS3/c1-5-20-14-17-18-15(22-14)21-8-12(19)16-13-10(3)6-9(2)7-11(13)4/h6-7H,5,8H2,1-4H3,(H,16,19). The van der Waals surface area contributed by atoms with Crippen LogP contribution in [0, 0.1) is 20.8 Å². The molecule has 0 saturated heterocycles. The highest BCUT2D eigenvalue weighted by Gasteiger charge is 2.11. The summed E-state index contributed by atoms with van der Waals surface area (Å²) in [5, 5.41) is 11.2. The second kappa shape index (κ2) is 7.99. The molecule has 7 heteroatoms. The summed E-state index contributed by atoms with van der Waals surface area (Å²) in [6.45, 7) is 8.17. The van der Waals surface area contributed by atoms with Gasteiger partial charge in [-0.05, 0) is 37.7 Å². The molecule has 0 atom stereocenters.